The van der Waals surface area contributed by atoms with E-state index in [2.05, 4.69) is 24.3 Å². The van der Waals surface area contributed by atoms with Crippen LogP contribution < -0.4 is 0 Å². The Kier molecular flexibility index (Phi) is 6.48. The molecule has 0 radical (unpaired) electrons. The lowest BCUT2D eigenvalue weighted by Gasteiger charge is -2.42. The third kappa shape index (κ3) is 4.90. The monoisotopic (exact) mass is 406 g/mol. The van der Waals surface area contributed by atoms with Gasteiger partial charge in [-0.3, -0.25) is 9.59 Å². The van der Waals surface area contributed by atoms with E-state index in [9.17, 15) is 9.59 Å². The second-order valence-corrected chi connectivity index (χ2v) is 8.34. The molecule has 0 bridgehead atoms. The Labute approximate surface area is 178 Å². The van der Waals surface area contributed by atoms with Gasteiger partial charge in [0.05, 0.1) is 18.6 Å². The quantitative estimate of drug-likeness (QED) is 0.763. The van der Waals surface area contributed by atoms with Crippen LogP contribution in [0.2, 0.25) is 0 Å². The fourth-order valence-electron chi connectivity index (χ4n) is 4.50. The Hall–Kier alpha value is -2.66. The first-order chi connectivity index (χ1) is 14.7. The molecule has 30 heavy (non-hydrogen) atoms. The van der Waals surface area contributed by atoms with Gasteiger partial charge in [-0.25, -0.2) is 0 Å². The smallest absolute Gasteiger partial charge is 0.253 e. The highest BCUT2D eigenvalue weighted by Crippen LogP contribution is 2.31. The van der Waals surface area contributed by atoms with Crippen molar-refractivity contribution in [3.63, 3.8) is 0 Å². The summed E-state index contributed by atoms with van der Waals surface area (Å²) < 4.78 is 6.23. The minimum absolute atomic E-state index is 0.0786. The molecule has 1 spiro atoms. The summed E-state index contributed by atoms with van der Waals surface area (Å²) in [5.74, 6) is 0.262. The van der Waals surface area contributed by atoms with E-state index >= 15 is 0 Å². The Morgan fingerprint density at radius 3 is 2.33 bits per heavy atom. The molecule has 2 aromatic rings. The standard InChI is InChI=1S/C25H30N2O3/c28-23-13-19-30-25(20-27(23)16-7-10-21-8-3-1-4-9-21)14-17-26(18-15-25)24(29)22-11-5-2-6-12-22/h1-6,8-9,11-12H,7,10,13-20H2. The molecule has 0 atom stereocenters. The summed E-state index contributed by atoms with van der Waals surface area (Å²) >= 11 is 0. The van der Waals surface area contributed by atoms with Crippen LogP contribution in [0.1, 0.15) is 41.6 Å². The first-order valence-electron chi connectivity index (χ1n) is 11.0. The molecule has 2 aliphatic heterocycles. The number of aryl methyl sites for hydroxylation is 1. The molecule has 2 heterocycles. The van der Waals surface area contributed by atoms with Crippen molar-refractivity contribution >= 4 is 11.8 Å². The molecule has 0 unspecified atom stereocenters. The summed E-state index contributed by atoms with van der Waals surface area (Å²) in [6.45, 7) is 3.19. The van der Waals surface area contributed by atoms with E-state index < -0.39 is 0 Å². The molecule has 2 aromatic carbocycles. The molecular weight excluding hydrogens is 376 g/mol. The van der Waals surface area contributed by atoms with Gasteiger partial charge in [0.2, 0.25) is 5.91 Å². The normalized spacial score (nSPS) is 19.0. The number of rotatable bonds is 5. The molecule has 5 heteroatoms. The lowest BCUT2D eigenvalue weighted by Crippen LogP contribution is -2.53. The lowest BCUT2D eigenvalue weighted by atomic mass is 9.90. The van der Waals surface area contributed by atoms with Gasteiger partial charge in [0.25, 0.3) is 5.91 Å². The molecular formula is C25H30N2O3. The number of amides is 2. The predicted octanol–water partition coefficient (Wildman–Crippen LogP) is 3.54. The number of hydrogen-bond donors (Lipinski definition) is 0. The van der Waals surface area contributed by atoms with Crippen LogP contribution in [0.4, 0.5) is 0 Å². The van der Waals surface area contributed by atoms with Crippen LogP contribution in [0.25, 0.3) is 0 Å². The van der Waals surface area contributed by atoms with Crippen LogP contribution in [-0.2, 0) is 16.0 Å². The van der Waals surface area contributed by atoms with Gasteiger partial charge < -0.3 is 14.5 Å². The Morgan fingerprint density at radius 1 is 0.967 bits per heavy atom. The molecule has 0 N–H and O–H groups in total. The van der Waals surface area contributed by atoms with E-state index in [1.165, 1.54) is 5.56 Å². The zero-order chi connectivity index (χ0) is 20.8. The fourth-order valence-corrected chi connectivity index (χ4v) is 4.50. The predicted molar refractivity (Wildman–Crippen MR) is 116 cm³/mol. The average molecular weight is 407 g/mol. The van der Waals surface area contributed by atoms with Gasteiger partial charge in [-0.1, -0.05) is 48.5 Å². The van der Waals surface area contributed by atoms with Crippen molar-refractivity contribution in [1.29, 1.82) is 0 Å². The van der Waals surface area contributed by atoms with Crippen molar-refractivity contribution in [3.8, 4) is 0 Å². The number of piperidine rings is 1. The highest BCUT2D eigenvalue weighted by molar-refractivity contribution is 5.94. The maximum Gasteiger partial charge on any atom is 0.253 e. The van der Waals surface area contributed by atoms with Crippen LogP contribution in [0, 0.1) is 0 Å². The Morgan fingerprint density at radius 2 is 1.63 bits per heavy atom. The van der Waals surface area contributed by atoms with Crippen molar-refractivity contribution in [2.24, 2.45) is 0 Å². The molecule has 0 aliphatic carbocycles. The Balaban J connectivity index is 1.34. The van der Waals surface area contributed by atoms with Crippen molar-refractivity contribution in [3.05, 3.63) is 71.8 Å². The van der Waals surface area contributed by atoms with Gasteiger partial charge in [-0.15, -0.1) is 0 Å². The molecule has 0 saturated carbocycles. The number of ether oxygens (including phenoxy) is 1. The van der Waals surface area contributed by atoms with Gasteiger partial charge in [-0.05, 0) is 43.4 Å². The maximum atomic E-state index is 12.8. The van der Waals surface area contributed by atoms with Gasteiger partial charge >= 0.3 is 0 Å². The van der Waals surface area contributed by atoms with Gasteiger partial charge in [0.1, 0.15) is 0 Å². The Bertz CT molecular complexity index is 845. The van der Waals surface area contributed by atoms with Gasteiger partial charge in [-0.2, -0.15) is 0 Å². The fraction of sp³-hybridized carbons (Fsp3) is 0.440. The second kappa shape index (κ2) is 9.43. The summed E-state index contributed by atoms with van der Waals surface area (Å²) in [7, 11) is 0. The number of hydrogen-bond acceptors (Lipinski definition) is 3. The first-order valence-corrected chi connectivity index (χ1v) is 11.0. The zero-order valence-electron chi connectivity index (χ0n) is 17.5. The van der Waals surface area contributed by atoms with Crippen LogP contribution >= 0.6 is 0 Å². The highest BCUT2D eigenvalue weighted by atomic mass is 16.5. The van der Waals surface area contributed by atoms with Crippen LogP contribution in [0.5, 0.6) is 0 Å². The van der Waals surface area contributed by atoms with E-state index in [0.29, 0.717) is 32.7 Å². The SMILES string of the molecule is O=C1CCOC2(CCN(C(=O)c3ccccc3)CC2)CN1CCCc1ccccc1. The van der Waals surface area contributed by atoms with Gasteiger partial charge in [0, 0.05) is 31.7 Å². The number of benzene rings is 2. The topological polar surface area (TPSA) is 49.9 Å². The van der Waals surface area contributed by atoms with Crippen molar-refractivity contribution < 1.29 is 14.3 Å². The number of nitrogens with zero attached hydrogens (tertiary/aromatic N) is 2. The minimum Gasteiger partial charge on any atom is -0.372 e. The van der Waals surface area contributed by atoms with E-state index in [-0.39, 0.29) is 17.4 Å². The molecule has 4 rings (SSSR count). The third-order valence-corrected chi connectivity index (χ3v) is 6.27. The van der Waals surface area contributed by atoms with Crippen LogP contribution in [0.3, 0.4) is 0 Å². The summed E-state index contributed by atoms with van der Waals surface area (Å²) in [5, 5.41) is 0. The van der Waals surface area contributed by atoms with Crippen LogP contribution in [0.15, 0.2) is 60.7 Å². The first kappa shape index (κ1) is 20.6. The molecule has 2 aliphatic rings. The van der Waals surface area contributed by atoms with E-state index in [4.69, 9.17) is 4.74 Å². The number of likely N-dealkylation sites (tertiary alicyclic amines) is 1. The molecule has 2 amide bonds. The molecule has 0 aromatic heterocycles. The molecule has 5 nitrogen and oxygen atoms in total. The maximum absolute atomic E-state index is 12.8. The van der Waals surface area contributed by atoms with E-state index in [0.717, 1.165) is 37.8 Å². The van der Waals surface area contributed by atoms with Crippen molar-refractivity contribution in [2.75, 3.05) is 32.8 Å². The second-order valence-electron chi connectivity index (χ2n) is 8.34. The van der Waals surface area contributed by atoms with Crippen molar-refractivity contribution in [1.82, 2.24) is 9.80 Å². The van der Waals surface area contributed by atoms with Crippen LogP contribution in [-0.4, -0.2) is 60.0 Å². The molecule has 158 valence electrons. The number of carbonyl (C=O) groups excluding carboxylic acids is 2. The van der Waals surface area contributed by atoms with E-state index in [1.807, 2.05) is 46.2 Å². The minimum atomic E-state index is -0.327. The largest absolute Gasteiger partial charge is 0.372 e. The molecule has 2 saturated heterocycles. The highest BCUT2D eigenvalue weighted by Gasteiger charge is 2.41. The summed E-state index contributed by atoms with van der Waals surface area (Å²) in [4.78, 5) is 29.3. The summed E-state index contributed by atoms with van der Waals surface area (Å²) in [5.41, 5.74) is 1.71. The summed E-state index contributed by atoms with van der Waals surface area (Å²) in [6, 6.07) is 19.8. The van der Waals surface area contributed by atoms with Gasteiger partial charge in [0.15, 0.2) is 0 Å². The average Bonchev–Trinajstić information content (AvgIpc) is 2.94. The summed E-state index contributed by atoms with van der Waals surface area (Å²) in [6.07, 6.45) is 3.91. The zero-order valence-corrected chi connectivity index (χ0v) is 17.5. The lowest BCUT2D eigenvalue weighted by molar-refractivity contribution is -0.131. The van der Waals surface area contributed by atoms with Crippen molar-refractivity contribution in [2.45, 2.75) is 37.7 Å². The molecule has 2 fully saturated rings. The third-order valence-electron chi connectivity index (χ3n) is 6.27. The van der Waals surface area contributed by atoms with E-state index in [1.54, 1.807) is 0 Å². The number of carbonyl (C=O) groups is 2.